The Labute approximate surface area is 200 Å². The van der Waals surface area contributed by atoms with Gasteiger partial charge in [0, 0.05) is 33.7 Å². The van der Waals surface area contributed by atoms with Crippen molar-refractivity contribution in [3.8, 4) is 11.3 Å². The van der Waals surface area contributed by atoms with Gasteiger partial charge in [0.1, 0.15) is 0 Å². The van der Waals surface area contributed by atoms with Gasteiger partial charge in [-0.3, -0.25) is 4.79 Å². The van der Waals surface area contributed by atoms with E-state index in [-0.39, 0.29) is 0 Å². The number of aromatic nitrogens is 1. The third-order valence-electron chi connectivity index (χ3n) is 5.25. The monoisotopic (exact) mass is 477 g/mol. The summed E-state index contributed by atoms with van der Waals surface area (Å²) in [5.74, 6) is -0.447. The van der Waals surface area contributed by atoms with Gasteiger partial charge in [-0.2, -0.15) is 10.4 Å². The molecule has 0 aliphatic rings. The number of benzene rings is 3. The molecule has 0 saturated carbocycles. The van der Waals surface area contributed by atoms with Crippen LogP contribution in [0.5, 0.6) is 0 Å². The Bertz CT molecular complexity index is 1300. The molecule has 166 valence electrons. The lowest BCUT2D eigenvalue weighted by Gasteiger charge is -2.29. The second-order valence-corrected chi connectivity index (χ2v) is 8.95. The Kier molecular flexibility index (Phi) is 6.29. The van der Waals surface area contributed by atoms with E-state index in [9.17, 15) is 9.59 Å². The fraction of sp³-hybridized carbons (Fsp3) is 0.0800. The van der Waals surface area contributed by atoms with E-state index in [0.717, 1.165) is 16.7 Å². The minimum Gasteiger partial charge on any atom is -0.316 e. The second-order valence-electron chi connectivity index (χ2n) is 7.67. The molecule has 0 saturated heterocycles. The molecule has 3 N–H and O–H groups in total. The third kappa shape index (κ3) is 4.52. The highest BCUT2D eigenvalue weighted by Gasteiger charge is 2.46. The van der Waals surface area contributed by atoms with Crippen LogP contribution in [0.2, 0.25) is 5.02 Å². The van der Waals surface area contributed by atoms with Gasteiger partial charge in [-0.1, -0.05) is 70.5 Å². The van der Waals surface area contributed by atoms with E-state index < -0.39 is 16.5 Å². The molecule has 3 amide bonds. The maximum absolute atomic E-state index is 13.2. The lowest BCUT2D eigenvalue weighted by molar-refractivity contribution is 0.0881. The molecule has 1 aromatic heterocycles. The summed E-state index contributed by atoms with van der Waals surface area (Å²) in [6.45, 7) is 3.88. The topological polar surface area (TPSA) is 85.1 Å². The summed E-state index contributed by atoms with van der Waals surface area (Å²) in [5, 5.41) is 2.75. The Morgan fingerprint density at radius 3 is 2.06 bits per heavy atom. The van der Waals surface area contributed by atoms with E-state index >= 15 is 0 Å². The average Bonchev–Trinajstić information content (AvgIpc) is 3.29. The van der Waals surface area contributed by atoms with Crippen LogP contribution in [0.1, 0.15) is 21.5 Å². The number of quaternary nitrogens is 1. The molecule has 4 rings (SSSR count). The number of thiazole rings is 1. The first kappa shape index (κ1) is 22.7. The second kappa shape index (κ2) is 9.15. The number of hydrogen-bond donors (Lipinski definition) is 2. The molecule has 3 aromatic carbocycles. The van der Waals surface area contributed by atoms with Crippen LogP contribution in [0.3, 0.4) is 0 Å². The molecule has 0 fully saturated rings. The minimum absolute atomic E-state index is 0.316. The number of urea groups is 1. The highest BCUT2D eigenvalue weighted by molar-refractivity contribution is 7.14. The van der Waals surface area contributed by atoms with Crippen LogP contribution < -0.4 is 15.8 Å². The number of halogens is 1. The minimum atomic E-state index is -0.781. The molecule has 8 heteroatoms. The van der Waals surface area contributed by atoms with Gasteiger partial charge in [-0.25, -0.2) is 4.79 Å². The first-order valence-corrected chi connectivity index (χ1v) is 11.4. The van der Waals surface area contributed by atoms with E-state index in [1.807, 2.05) is 55.6 Å². The van der Waals surface area contributed by atoms with Crippen LogP contribution in [-0.2, 0) is 0 Å². The molecule has 33 heavy (non-hydrogen) atoms. The number of amides is 3. The number of nitrogens with one attached hydrogen (secondary N) is 1. The lowest BCUT2D eigenvalue weighted by atomic mass is 10.1. The highest BCUT2D eigenvalue weighted by Crippen LogP contribution is 2.37. The number of rotatable bonds is 4. The maximum atomic E-state index is 13.2. The summed E-state index contributed by atoms with van der Waals surface area (Å²) < 4.78 is -0.745. The van der Waals surface area contributed by atoms with Crippen LogP contribution in [0, 0.1) is 13.8 Å². The number of carbonyl (C=O) groups excluding carboxylic acids is 2. The fourth-order valence-corrected chi connectivity index (χ4v) is 4.44. The summed E-state index contributed by atoms with van der Waals surface area (Å²) in [7, 11) is 0. The SMILES string of the molecule is Cc1ccc(C(=O)N[N+](C(N)=O)(c2ccc(C)cc2)c2nc(-c3ccc(Cl)cc3)cs2)cc1. The number of hydrogen-bond acceptors (Lipinski definition) is 4. The number of aryl methyl sites for hydroxylation is 2. The molecule has 4 aromatic rings. The van der Waals surface area contributed by atoms with E-state index in [0.29, 0.717) is 27.1 Å². The van der Waals surface area contributed by atoms with Crippen molar-refractivity contribution in [3.05, 3.63) is 99.9 Å². The Morgan fingerprint density at radius 1 is 0.909 bits per heavy atom. The van der Waals surface area contributed by atoms with Crippen LogP contribution >= 0.6 is 22.9 Å². The van der Waals surface area contributed by atoms with Crippen molar-refractivity contribution in [3.63, 3.8) is 0 Å². The van der Waals surface area contributed by atoms with Crippen LogP contribution in [0.25, 0.3) is 11.3 Å². The normalized spacial score (nSPS) is 12.7. The Hall–Kier alpha value is -3.52. The Balaban J connectivity index is 1.84. The zero-order chi connectivity index (χ0) is 23.6. The summed E-state index contributed by atoms with van der Waals surface area (Å²) >= 11 is 7.24. The number of nitrogens with zero attached hydrogens (tertiary/aromatic N) is 2. The van der Waals surface area contributed by atoms with E-state index in [2.05, 4.69) is 5.43 Å². The molecule has 1 heterocycles. The summed E-state index contributed by atoms with van der Waals surface area (Å²) in [6, 6.07) is 20.8. The molecule has 0 spiro atoms. The number of nitrogens with two attached hydrogens (primary N) is 1. The standard InChI is InChI=1S/C25H21ClN4O2S/c1-16-3-7-19(8-4-16)23(31)29-30(24(27)32,21-13-5-17(2)6-14-21)25-28-22(15-33-25)18-9-11-20(26)12-10-18/h3-15H,1-2H3,(H2-,27,29,31,32)/p+1. The molecule has 6 nitrogen and oxygen atoms in total. The molecule has 0 bridgehead atoms. The Morgan fingerprint density at radius 2 is 1.48 bits per heavy atom. The summed E-state index contributed by atoms with van der Waals surface area (Å²) in [4.78, 5) is 31.0. The maximum Gasteiger partial charge on any atom is 0.451 e. The zero-order valence-electron chi connectivity index (χ0n) is 18.1. The van der Waals surface area contributed by atoms with Crippen molar-refractivity contribution in [2.75, 3.05) is 0 Å². The molecular weight excluding hydrogens is 456 g/mol. The van der Waals surface area contributed by atoms with Gasteiger partial charge in [0.15, 0.2) is 5.69 Å². The molecule has 0 radical (unpaired) electrons. The van der Waals surface area contributed by atoms with Crippen molar-refractivity contribution in [2.45, 2.75) is 13.8 Å². The van der Waals surface area contributed by atoms with Gasteiger partial charge >= 0.3 is 11.2 Å². The molecule has 1 unspecified atom stereocenters. The largest absolute Gasteiger partial charge is 0.451 e. The van der Waals surface area contributed by atoms with Gasteiger partial charge in [-0.05, 0) is 42.7 Å². The van der Waals surface area contributed by atoms with Gasteiger partial charge in [0.2, 0.25) is 0 Å². The molecular formula is C25H22ClN4O2S+. The van der Waals surface area contributed by atoms with Crippen LogP contribution in [0.15, 0.2) is 78.2 Å². The third-order valence-corrected chi connectivity index (χ3v) is 6.42. The van der Waals surface area contributed by atoms with Crippen LogP contribution in [0.4, 0.5) is 15.6 Å². The molecule has 0 aliphatic carbocycles. The summed E-state index contributed by atoms with van der Waals surface area (Å²) in [5.41, 5.74) is 13.2. The fourth-order valence-electron chi connectivity index (χ4n) is 3.36. The van der Waals surface area contributed by atoms with Gasteiger partial charge in [0.25, 0.3) is 5.91 Å². The van der Waals surface area contributed by atoms with E-state index in [4.69, 9.17) is 22.3 Å². The predicted molar refractivity (Wildman–Crippen MR) is 133 cm³/mol. The van der Waals surface area contributed by atoms with Crippen molar-refractivity contribution >= 4 is 45.7 Å². The van der Waals surface area contributed by atoms with Crippen molar-refractivity contribution in [1.82, 2.24) is 15.0 Å². The van der Waals surface area contributed by atoms with Crippen molar-refractivity contribution < 1.29 is 9.59 Å². The van der Waals surface area contributed by atoms with E-state index in [1.54, 1.807) is 36.4 Å². The lowest BCUT2D eigenvalue weighted by Crippen LogP contribution is -2.63. The highest BCUT2D eigenvalue weighted by atomic mass is 35.5. The van der Waals surface area contributed by atoms with Gasteiger partial charge in [0.05, 0.1) is 5.69 Å². The number of carbonyl (C=O) groups is 2. The quantitative estimate of drug-likeness (QED) is 0.273. The van der Waals surface area contributed by atoms with E-state index in [1.165, 1.54) is 11.3 Å². The number of primary amides is 1. The first-order valence-electron chi connectivity index (χ1n) is 10.2. The smallest absolute Gasteiger partial charge is 0.316 e. The van der Waals surface area contributed by atoms with Crippen molar-refractivity contribution in [2.24, 2.45) is 5.73 Å². The zero-order valence-corrected chi connectivity index (χ0v) is 19.7. The molecule has 0 aliphatic heterocycles. The first-order chi connectivity index (χ1) is 15.8. The summed E-state index contributed by atoms with van der Waals surface area (Å²) in [6.07, 6.45) is 0. The van der Waals surface area contributed by atoms with Gasteiger partial charge < -0.3 is 5.73 Å². The van der Waals surface area contributed by atoms with Crippen molar-refractivity contribution in [1.29, 1.82) is 0 Å². The average molecular weight is 478 g/mol. The predicted octanol–water partition coefficient (Wildman–Crippen LogP) is 6.14. The van der Waals surface area contributed by atoms with Crippen LogP contribution in [-0.4, -0.2) is 16.9 Å². The van der Waals surface area contributed by atoms with Gasteiger partial charge in [-0.15, -0.1) is 0 Å². The molecule has 1 atom stereocenters.